The summed E-state index contributed by atoms with van der Waals surface area (Å²) in [4.78, 5) is 24.0. The first kappa shape index (κ1) is 28.3. The first-order valence-corrected chi connectivity index (χ1v) is 13.5. The number of amides is 1. The van der Waals surface area contributed by atoms with E-state index in [0.717, 1.165) is 18.7 Å². The smallest absolute Gasteiger partial charge is 0.289 e. The number of carbonyl (C=O) groups excluding carboxylic acids is 1. The summed E-state index contributed by atoms with van der Waals surface area (Å²) in [6.07, 6.45) is 1.61. The van der Waals surface area contributed by atoms with Gasteiger partial charge in [0.05, 0.1) is 37.6 Å². The van der Waals surface area contributed by atoms with E-state index in [0.29, 0.717) is 45.0 Å². The maximum absolute atomic E-state index is 14.7. The number of fused-ring (bicyclic) bond motifs is 1. The maximum Gasteiger partial charge on any atom is 0.289 e. The van der Waals surface area contributed by atoms with Crippen LogP contribution in [0.5, 0.6) is 0 Å². The van der Waals surface area contributed by atoms with Crippen molar-refractivity contribution in [2.75, 3.05) is 64.0 Å². The summed E-state index contributed by atoms with van der Waals surface area (Å²) in [5, 5.41) is 13.6. The summed E-state index contributed by atoms with van der Waals surface area (Å²) >= 11 is 0. The molecule has 0 aromatic carbocycles. The molecule has 2 saturated heterocycles. The second-order valence-corrected chi connectivity index (χ2v) is 12.0. The number of hydrogen-bond donors (Lipinski definition) is 2. The van der Waals surface area contributed by atoms with Crippen molar-refractivity contribution in [1.29, 1.82) is 0 Å². The zero-order valence-corrected chi connectivity index (χ0v) is 22.9. The van der Waals surface area contributed by atoms with Crippen molar-refractivity contribution in [3.8, 4) is 0 Å². The average Bonchev–Trinajstić information content (AvgIpc) is 3.12. The van der Waals surface area contributed by atoms with Gasteiger partial charge in [0.2, 0.25) is 5.91 Å². The van der Waals surface area contributed by atoms with Gasteiger partial charge in [0, 0.05) is 68.4 Å². The second-order valence-electron chi connectivity index (χ2n) is 12.0. The van der Waals surface area contributed by atoms with Crippen LogP contribution in [0.3, 0.4) is 0 Å². The number of aromatic nitrogens is 1. The highest BCUT2D eigenvalue weighted by Crippen LogP contribution is 2.43. The van der Waals surface area contributed by atoms with Crippen LogP contribution in [0, 0.1) is 0 Å². The monoisotopic (exact) mass is 523 g/mol. The summed E-state index contributed by atoms with van der Waals surface area (Å²) in [7, 11) is 0. The minimum absolute atomic E-state index is 0.00115. The number of halogens is 2. The molecule has 0 radical (unpaired) electrons. The van der Waals surface area contributed by atoms with E-state index in [1.165, 1.54) is 12.3 Å². The van der Waals surface area contributed by atoms with E-state index in [2.05, 4.69) is 27.0 Å². The Hall–Kier alpha value is -1.72. The highest BCUT2D eigenvalue weighted by molar-refractivity contribution is 5.97. The summed E-state index contributed by atoms with van der Waals surface area (Å²) < 4.78 is 35.1. The maximum atomic E-state index is 14.7. The molecule has 1 amide bonds. The number of carbonyl (C=O) groups is 1. The lowest BCUT2D eigenvalue weighted by molar-refractivity contribution is -0.122. The van der Waals surface area contributed by atoms with Crippen LogP contribution in [0.4, 0.5) is 14.5 Å². The Kier molecular flexibility index (Phi) is 8.26. The number of aliphatic hydroxyl groups is 1. The first-order chi connectivity index (χ1) is 17.4. The molecular formula is C27H43F2N5O3. The summed E-state index contributed by atoms with van der Waals surface area (Å²) in [6.45, 7) is 14.5. The highest BCUT2D eigenvalue weighted by atomic mass is 19.3. The number of alkyl halides is 2. The molecule has 0 bridgehead atoms. The quantitative estimate of drug-likeness (QED) is 0.542. The molecule has 3 atom stereocenters. The molecule has 0 spiro atoms. The van der Waals surface area contributed by atoms with Gasteiger partial charge in [-0.15, -0.1) is 0 Å². The predicted molar refractivity (Wildman–Crippen MR) is 139 cm³/mol. The van der Waals surface area contributed by atoms with Crippen LogP contribution in [0.2, 0.25) is 0 Å². The van der Waals surface area contributed by atoms with Crippen LogP contribution in [0.25, 0.3) is 0 Å². The number of rotatable bonds is 8. The lowest BCUT2D eigenvalue weighted by Crippen LogP contribution is -2.65. The molecule has 208 valence electrons. The fourth-order valence-electron chi connectivity index (χ4n) is 5.82. The van der Waals surface area contributed by atoms with Gasteiger partial charge in [0.1, 0.15) is 5.69 Å². The fraction of sp³-hybridized carbons (Fsp3) is 0.778. The van der Waals surface area contributed by atoms with Crippen molar-refractivity contribution in [2.45, 2.75) is 76.4 Å². The van der Waals surface area contributed by atoms with Gasteiger partial charge in [-0.1, -0.05) is 27.2 Å². The third kappa shape index (κ3) is 5.83. The van der Waals surface area contributed by atoms with E-state index in [1.54, 1.807) is 11.8 Å². The van der Waals surface area contributed by atoms with Gasteiger partial charge in [-0.2, -0.15) is 8.78 Å². The molecule has 10 heteroatoms. The Morgan fingerprint density at radius 3 is 2.81 bits per heavy atom. The minimum atomic E-state index is -3.03. The third-order valence-electron chi connectivity index (χ3n) is 8.21. The zero-order chi connectivity index (χ0) is 27.0. The average molecular weight is 524 g/mol. The number of ether oxygens (including phenoxy) is 1. The molecule has 2 fully saturated rings. The van der Waals surface area contributed by atoms with Gasteiger partial charge in [-0.05, 0) is 19.9 Å². The van der Waals surface area contributed by atoms with Crippen molar-refractivity contribution in [2.24, 2.45) is 0 Å². The molecule has 8 nitrogen and oxygen atoms in total. The Morgan fingerprint density at radius 1 is 1.35 bits per heavy atom. The number of pyridine rings is 1. The van der Waals surface area contributed by atoms with Gasteiger partial charge in [-0.25, -0.2) is 0 Å². The van der Waals surface area contributed by atoms with Crippen molar-refractivity contribution < 1.29 is 23.4 Å². The zero-order valence-electron chi connectivity index (χ0n) is 22.9. The normalized spacial score (nSPS) is 28.9. The number of piperazine rings is 1. The molecular weight excluding hydrogens is 480 g/mol. The SMILES string of the molecule is CCCC(F)(F)c1cc2c(cn1)C(C)(C)CN2C(=O)CN1C[C@@H](C)NC[C@@H]1CN1CCOC[C@]1(C)CO. The molecule has 1 aromatic rings. The standard InChI is InChI=1S/C27H43F2N5O3/c1-6-7-27(28,29)23-10-22-21(12-31-23)25(3,4)16-34(22)24(36)15-32-13-19(2)30-11-20(32)14-33-8-9-37-18-26(33,5)17-35/h10,12,19-20,30,35H,6-9,11,13-18H2,1-5H3/t19-,20-,26+/m1/s1. The highest BCUT2D eigenvalue weighted by Gasteiger charge is 2.43. The Balaban J connectivity index is 1.54. The van der Waals surface area contributed by atoms with Crippen molar-refractivity contribution in [1.82, 2.24) is 20.1 Å². The van der Waals surface area contributed by atoms with Crippen molar-refractivity contribution in [3.63, 3.8) is 0 Å². The van der Waals surface area contributed by atoms with Crippen molar-refractivity contribution >= 4 is 11.6 Å². The molecule has 3 aliphatic heterocycles. The molecule has 2 N–H and O–H groups in total. The lowest BCUT2D eigenvalue weighted by Gasteiger charge is -2.48. The van der Waals surface area contributed by atoms with Crippen LogP contribution in [0.15, 0.2) is 12.3 Å². The van der Waals surface area contributed by atoms with E-state index >= 15 is 0 Å². The van der Waals surface area contributed by atoms with Crippen LogP contribution >= 0.6 is 0 Å². The van der Waals surface area contributed by atoms with Gasteiger partial charge in [0.25, 0.3) is 5.92 Å². The van der Waals surface area contributed by atoms with E-state index in [1.807, 2.05) is 20.8 Å². The number of morpholine rings is 1. The number of nitrogens with one attached hydrogen (secondary N) is 1. The Labute approximate surface area is 219 Å². The number of nitrogens with zero attached hydrogens (tertiary/aromatic N) is 4. The minimum Gasteiger partial charge on any atom is -0.394 e. The molecule has 1 aromatic heterocycles. The van der Waals surface area contributed by atoms with Crippen LogP contribution in [-0.2, 0) is 20.9 Å². The largest absolute Gasteiger partial charge is 0.394 e. The van der Waals surface area contributed by atoms with E-state index in [9.17, 15) is 18.7 Å². The molecule has 0 saturated carbocycles. The predicted octanol–water partition coefficient (Wildman–Crippen LogP) is 2.34. The molecule has 4 heterocycles. The van der Waals surface area contributed by atoms with E-state index in [-0.39, 0.29) is 48.7 Å². The number of hydrogen-bond acceptors (Lipinski definition) is 7. The molecule has 0 unspecified atom stereocenters. The van der Waals surface area contributed by atoms with E-state index in [4.69, 9.17) is 4.74 Å². The topological polar surface area (TPSA) is 81.2 Å². The van der Waals surface area contributed by atoms with Gasteiger partial charge < -0.3 is 20.1 Å². The third-order valence-corrected chi connectivity index (χ3v) is 8.21. The number of aliphatic hydroxyl groups excluding tert-OH is 1. The van der Waals surface area contributed by atoms with Crippen LogP contribution in [0.1, 0.15) is 58.7 Å². The van der Waals surface area contributed by atoms with Crippen LogP contribution < -0.4 is 10.2 Å². The van der Waals surface area contributed by atoms with Crippen LogP contribution in [-0.4, -0.2) is 103 Å². The first-order valence-electron chi connectivity index (χ1n) is 13.5. The Morgan fingerprint density at radius 2 is 2.11 bits per heavy atom. The van der Waals surface area contributed by atoms with Gasteiger partial charge >= 0.3 is 0 Å². The van der Waals surface area contributed by atoms with E-state index < -0.39 is 11.5 Å². The fourth-order valence-corrected chi connectivity index (χ4v) is 5.82. The second kappa shape index (κ2) is 10.8. The molecule has 4 rings (SSSR count). The molecule has 37 heavy (non-hydrogen) atoms. The molecule has 0 aliphatic carbocycles. The van der Waals surface area contributed by atoms with Gasteiger partial charge in [0.15, 0.2) is 0 Å². The number of anilines is 1. The van der Waals surface area contributed by atoms with Gasteiger partial charge in [-0.3, -0.25) is 19.6 Å². The summed E-state index contributed by atoms with van der Waals surface area (Å²) in [5.74, 6) is -3.12. The Bertz CT molecular complexity index is 977. The lowest BCUT2D eigenvalue weighted by atomic mass is 9.88. The summed E-state index contributed by atoms with van der Waals surface area (Å²) in [5.41, 5.74) is 0.282. The summed E-state index contributed by atoms with van der Waals surface area (Å²) in [6, 6.07) is 1.72. The molecule has 3 aliphatic rings. The van der Waals surface area contributed by atoms with Crippen molar-refractivity contribution in [3.05, 3.63) is 23.5 Å².